The molecule has 1 aromatic heterocycles. The lowest BCUT2D eigenvalue weighted by Gasteiger charge is -2.16. The lowest BCUT2D eigenvalue weighted by atomic mass is 10.0. The molecule has 0 spiro atoms. The number of nitrogens with one attached hydrogen (secondary N) is 1. The summed E-state index contributed by atoms with van der Waals surface area (Å²) in [5.74, 6) is 1.60. The minimum absolute atomic E-state index is 0.288. The van der Waals surface area contributed by atoms with Crippen molar-refractivity contribution in [1.82, 2.24) is 9.97 Å². The highest BCUT2D eigenvalue weighted by molar-refractivity contribution is 5.32. The Hall–Kier alpha value is -1.03. The Labute approximate surface area is 84.5 Å². The number of nitrogens with two attached hydrogens (primary N) is 1. The van der Waals surface area contributed by atoms with Crippen molar-refractivity contribution in [1.29, 1.82) is 0 Å². The second kappa shape index (κ2) is 3.61. The highest BCUT2D eigenvalue weighted by atomic mass is 15.3. The van der Waals surface area contributed by atoms with E-state index in [4.69, 9.17) is 5.73 Å². The van der Waals surface area contributed by atoms with Crippen LogP contribution in [0.2, 0.25) is 0 Å². The molecule has 2 rings (SSSR count). The molecule has 2 atom stereocenters. The van der Waals surface area contributed by atoms with Gasteiger partial charge in [0.05, 0.1) is 0 Å². The van der Waals surface area contributed by atoms with E-state index in [1.165, 1.54) is 6.42 Å². The van der Waals surface area contributed by atoms with E-state index in [2.05, 4.69) is 21.8 Å². The zero-order chi connectivity index (χ0) is 10.1. The molecule has 14 heavy (non-hydrogen) atoms. The van der Waals surface area contributed by atoms with Crippen molar-refractivity contribution < 1.29 is 0 Å². The van der Waals surface area contributed by atoms with Crippen LogP contribution in [0.15, 0.2) is 6.20 Å². The number of anilines is 1. The van der Waals surface area contributed by atoms with Crippen LogP contribution in [0.1, 0.15) is 19.0 Å². The standard InChI is InChI=1S/C10H18N4/c1-7-5-12-10(13-7)14-4-3-9(6-14)8(2)11/h5,8-9H,3-4,6,11H2,1-2H3,(H,12,13). The summed E-state index contributed by atoms with van der Waals surface area (Å²) in [4.78, 5) is 9.85. The summed E-state index contributed by atoms with van der Waals surface area (Å²) < 4.78 is 0. The van der Waals surface area contributed by atoms with Gasteiger partial charge in [0.15, 0.2) is 0 Å². The first-order valence-corrected chi connectivity index (χ1v) is 5.19. The van der Waals surface area contributed by atoms with Gasteiger partial charge in [-0.25, -0.2) is 4.98 Å². The fourth-order valence-electron chi connectivity index (χ4n) is 1.97. The van der Waals surface area contributed by atoms with Crippen molar-refractivity contribution in [2.75, 3.05) is 18.0 Å². The summed E-state index contributed by atoms with van der Waals surface area (Å²) in [7, 11) is 0. The van der Waals surface area contributed by atoms with Crippen LogP contribution in [-0.4, -0.2) is 29.1 Å². The Balaban J connectivity index is 2.02. The minimum Gasteiger partial charge on any atom is -0.342 e. The first-order valence-electron chi connectivity index (χ1n) is 5.19. The highest BCUT2D eigenvalue weighted by Gasteiger charge is 2.26. The molecule has 0 aliphatic carbocycles. The molecule has 1 saturated heterocycles. The first kappa shape index (κ1) is 9.52. The molecule has 2 heterocycles. The summed E-state index contributed by atoms with van der Waals surface area (Å²) in [5, 5.41) is 0. The lowest BCUT2D eigenvalue weighted by Crippen LogP contribution is -2.30. The number of aryl methyl sites for hydroxylation is 1. The van der Waals surface area contributed by atoms with Crippen LogP contribution in [0.25, 0.3) is 0 Å². The Morgan fingerprint density at radius 3 is 3.00 bits per heavy atom. The van der Waals surface area contributed by atoms with Gasteiger partial charge < -0.3 is 15.6 Å². The first-order chi connectivity index (χ1) is 6.66. The molecule has 1 aromatic rings. The monoisotopic (exact) mass is 194 g/mol. The van der Waals surface area contributed by atoms with Gasteiger partial charge in [-0.1, -0.05) is 0 Å². The molecule has 1 aliphatic heterocycles. The molecule has 2 unspecified atom stereocenters. The third-order valence-corrected chi connectivity index (χ3v) is 2.96. The summed E-state index contributed by atoms with van der Waals surface area (Å²) in [5.41, 5.74) is 7.00. The van der Waals surface area contributed by atoms with Crippen LogP contribution in [0.5, 0.6) is 0 Å². The second-order valence-electron chi connectivity index (χ2n) is 4.24. The maximum Gasteiger partial charge on any atom is 0.202 e. The van der Waals surface area contributed by atoms with Gasteiger partial charge in [-0.2, -0.15) is 0 Å². The average Bonchev–Trinajstić information content (AvgIpc) is 2.70. The molecule has 0 bridgehead atoms. The fraction of sp³-hybridized carbons (Fsp3) is 0.700. The quantitative estimate of drug-likeness (QED) is 0.735. The van der Waals surface area contributed by atoms with Crippen LogP contribution in [0.4, 0.5) is 5.95 Å². The van der Waals surface area contributed by atoms with Crippen LogP contribution < -0.4 is 10.6 Å². The van der Waals surface area contributed by atoms with Gasteiger partial charge in [-0.15, -0.1) is 0 Å². The van der Waals surface area contributed by atoms with E-state index in [1.807, 2.05) is 13.1 Å². The molecular formula is C10H18N4. The third-order valence-electron chi connectivity index (χ3n) is 2.96. The second-order valence-corrected chi connectivity index (χ2v) is 4.24. The molecule has 1 fully saturated rings. The lowest BCUT2D eigenvalue weighted by molar-refractivity contribution is 0.487. The Bertz CT molecular complexity index is 305. The van der Waals surface area contributed by atoms with E-state index in [0.717, 1.165) is 24.7 Å². The van der Waals surface area contributed by atoms with Gasteiger partial charge in [-0.05, 0) is 26.2 Å². The van der Waals surface area contributed by atoms with Crippen molar-refractivity contribution in [3.8, 4) is 0 Å². The fourth-order valence-corrected chi connectivity index (χ4v) is 1.97. The largest absolute Gasteiger partial charge is 0.342 e. The zero-order valence-electron chi connectivity index (χ0n) is 8.83. The van der Waals surface area contributed by atoms with Crippen molar-refractivity contribution in [3.05, 3.63) is 11.9 Å². The van der Waals surface area contributed by atoms with Gasteiger partial charge in [0.25, 0.3) is 0 Å². The van der Waals surface area contributed by atoms with Gasteiger partial charge in [0, 0.05) is 31.0 Å². The number of H-pyrrole nitrogens is 1. The molecular weight excluding hydrogens is 176 g/mol. The SMILES string of the molecule is Cc1cnc(N2CCC(C(C)N)C2)[nH]1. The smallest absolute Gasteiger partial charge is 0.202 e. The Morgan fingerprint density at radius 1 is 1.71 bits per heavy atom. The normalized spacial score (nSPS) is 24.2. The molecule has 3 N–H and O–H groups in total. The molecule has 78 valence electrons. The van der Waals surface area contributed by atoms with E-state index in [-0.39, 0.29) is 6.04 Å². The van der Waals surface area contributed by atoms with Crippen molar-refractivity contribution in [2.45, 2.75) is 26.3 Å². The van der Waals surface area contributed by atoms with E-state index < -0.39 is 0 Å². The van der Waals surface area contributed by atoms with Crippen LogP contribution in [0.3, 0.4) is 0 Å². The summed E-state index contributed by atoms with van der Waals surface area (Å²) in [6.45, 7) is 6.21. The zero-order valence-corrected chi connectivity index (χ0v) is 8.83. The predicted octanol–water partition coefficient (Wildman–Crippen LogP) is 0.892. The van der Waals surface area contributed by atoms with E-state index in [9.17, 15) is 0 Å². The third kappa shape index (κ3) is 1.75. The number of hydrogen-bond acceptors (Lipinski definition) is 3. The number of nitrogens with zero attached hydrogens (tertiary/aromatic N) is 2. The molecule has 1 aliphatic rings. The Kier molecular flexibility index (Phi) is 2.46. The molecule has 0 aromatic carbocycles. The van der Waals surface area contributed by atoms with Gasteiger partial charge in [-0.3, -0.25) is 0 Å². The molecule has 0 amide bonds. The van der Waals surface area contributed by atoms with Crippen molar-refractivity contribution in [2.24, 2.45) is 11.7 Å². The van der Waals surface area contributed by atoms with E-state index in [1.54, 1.807) is 0 Å². The number of hydrogen-bond donors (Lipinski definition) is 2. The average molecular weight is 194 g/mol. The minimum atomic E-state index is 0.288. The molecule has 4 nitrogen and oxygen atoms in total. The van der Waals surface area contributed by atoms with E-state index >= 15 is 0 Å². The highest BCUT2D eigenvalue weighted by Crippen LogP contribution is 2.22. The van der Waals surface area contributed by atoms with Crippen LogP contribution >= 0.6 is 0 Å². The van der Waals surface area contributed by atoms with Gasteiger partial charge >= 0.3 is 0 Å². The summed E-state index contributed by atoms with van der Waals surface area (Å²) >= 11 is 0. The number of aromatic amines is 1. The number of aromatic nitrogens is 2. The van der Waals surface area contributed by atoms with Crippen molar-refractivity contribution in [3.63, 3.8) is 0 Å². The number of imidazole rings is 1. The van der Waals surface area contributed by atoms with Crippen LogP contribution in [-0.2, 0) is 0 Å². The maximum atomic E-state index is 5.89. The Morgan fingerprint density at radius 2 is 2.50 bits per heavy atom. The van der Waals surface area contributed by atoms with Crippen LogP contribution in [0, 0.1) is 12.8 Å². The maximum absolute atomic E-state index is 5.89. The molecule has 0 saturated carbocycles. The topological polar surface area (TPSA) is 57.9 Å². The van der Waals surface area contributed by atoms with Gasteiger partial charge in [0.1, 0.15) is 0 Å². The van der Waals surface area contributed by atoms with E-state index in [0.29, 0.717) is 5.92 Å². The molecule has 0 radical (unpaired) electrons. The predicted molar refractivity (Wildman–Crippen MR) is 57.3 cm³/mol. The molecule has 4 heteroatoms. The number of rotatable bonds is 2. The summed E-state index contributed by atoms with van der Waals surface area (Å²) in [6, 6.07) is 0.288. The summed E-state index contributed by atoms with van der Waals surface area (Å²) in [6.07, 6.45) is 3.05. The van der Waals surface area contributed by atoms with Crippen molar-refractivity contribution >= 4 is 5.95 Å². The van der Waals surface area contributed by atoms with Gasteiger partial charge in [0.2, 0.25) is 5.95 Å².